The molecule has 1 heterocycles. The van der Waals surface area contributed by atoms with Gasteiger partial charge in [0.2, 0.25) is 5.91 Å². The molecule has 32 heavy (non-hydrogen) atoms. The van der Waals surface area contributed by atoms with E-state index in [0.29, 0.717) is 29.4 Å². The minimum atomic E-state index is -0.532. The van der Waals surface area contributed by atoms with Crippen molar-refractivity contribution in [3.05, 3.63) is 66.1 Å². The minimum Gasteiger partial charge on any atom is -0.461 e. The SMILES string of the molecule is CCOC(=O)c1cc(-c2cccc(NC(=O)CC3CCCC3)c2)n(-c2ccc(F)cc2)n1. The number of carbonyl (C=O) groups excluding carboxylic acids is 2. The van der Waals surface area contributed by atoms with E-state index in [-0.39, 0.29) is 24.0 Å². The van der Waals surface area contributed by atoms with Crippen LogP contribution in [0.15, 0.2) is 54.6 Å². The van der Waals surface area contributed by atoms with Gasteiger partial charge in [0.15, 0.2) is 5.69 Å². The lowest BCUT2D eigenvalue weighted by molar-refractivity contribution is -0.117. The minimum absolute atomic E-state index is 0.00769. The predicted molar refractivity (Wildman–Crippen MR) is 120 cm³/mol. The van der Waals surface area contributed by atoms with Gasteiger partial charge in [-0.05, 0) is 68.1 Å². The molecular formula is C25H26FN3O3. The highest BCUT2D eigenvalue weighted by Gasteiger charge is 2.20. The fraction of sp³-hybridized carbons (Fsp3) is 0.320. The Hall–Kier alpha value is -3.48. The standard InChI is InChI=1S/C25H26FN3O3/c1-2-32-25(31)22-16-23(29(28-22)21-12-10-19(26)11-13-21)18-8-5-9-20(15-18)27-24(30)14-17-6-3-4-7-17/h5,8-13,15-17H,2-4,6-7,14H2,1H3,(H,27,30). The summed E-state index contributed by atoms with van der Waals surface area (Å²) in [5.74, 6) is -0.422. The lowest BCUT2D eigenvalue weighted by atomic mass is 10.0. The molecule has 3 aromatic rings. The van der Waals surface area contributed by atoms with Crippen LogP contribution in [0.4, 0.5) is 10.1 Å². The molecule has 0 saturated heterocycles. The van der Waals surface area contributed by atoms with E-state index < -0.39 is 5.97 Å². The first-order valence-corrected chi connectivity index (χ1v) is 11.0. The van der Waals surface area contributed by atoms with Crippen molar-refractivity contribution in [3.63, 3.8) is 0 Å². The third-order valence-electron chi connectivity index (χ3n) is 5.66. The van der Waals surface area contributed by atoms with Gasteiger partial charge in [-0.1, -0.05) is 25.0 Å². The number of nitrogens with one attached hydrogen (secondary N) is 1. The third-order valence-corrected chi connectivity index (χ3v) is 5.66. The Kier molecular flexibility index (Phi) is 6.63. The van der Waals surface area contributed by atoms with Gasteiger partial charge in [0, 0.05) is 17.7 Å². The van der Waals surface area contributed by atoms with E-state index in [1.54, 1.807) is 29.8 Å². The molecule has 0 bridgehead atoms. The fourth-order valence-electron chi connectivity index (χ4n) is 4.12. The summed E-state index contributed by atoms with van der Waals surface area (Å²) in [6.07, 6.45) is 5.15. The molecule has 1 fully saturated rings. The van der Waals surface area contributed by atoms with Gasteiger partial charge in [0.1, 0.15) is 5.82 Å². The molecule has 1 N–H and O–H groups in total. The van der Waals surface area contributed by atoms with Crippen LogP contribution in [0.25, 0.3) is 16.9 Å². The molecule has 6 nitrogen and oxygen atoms in total. The average molecular weight is 435 g/mol. The molecule has 1 aliphatic rings. The number of hydrogen-bond acceptors (Lipinski definition) is 4. The van der Waals surface area contributed by atoms with Gasteiger partial charge in [-0.2, -0.15) is 5.10 Å². The van der Waals surface area contributed by atoms with Crippen molar-refractivity contribution in [2.75, 3.05) is 11.9 Å². The van der Waals surface area contributed by atoms with Crippen molar-refractivity contribution in [2.45, 2.75) is 39.0 Å². The highest BCUT2D eigenvalue weighted by Crippen LogP contribution is 2.29. The highest BCUT2D eigenvalue weighted by atomic mass is 19.1. The first-order valence-electron chi connectivity index (χ1n) is 11.0. The number of anilines is 1. The summed E-state index contributed by atoms with van der Waals surface area (Å²) in [5, 5.41) is 7.38. The van der Waals surface area contributed by atoms with Gasteiger partial charge >= 0.3 is 5.97 Å². The number of benzene rings is 2. The molecule has 4 rings (SSSR count). The Morgan fingerprint density at radius 2 is 1.88 bits per heavy atom. The number of carbonyl (C=O) groups is 2. The first-order chi connectivity index (χ1) is 15.5. The number of aromatic nitrogens is 2. The Bertz CT molecular complexity index is 1100. The Balaban J connectivity index is 1.64. The van der Waals surface area contributed by atoms with Crippen LogP contribution in [0.2, 0.25) is 0 Å². The van der Waals surface area contributed by atoms with Crippen LogP contribution in [0, 0.1) is 11.7 Å². The van der Waals surface area contributed by atoms with Crippen molar-refractivity contribution in [1.82, 2.24) is 9.78 Å². The molecule has 1 aromatic heterocycles. The number of ether oxygens (including phenoxy) is 1. The van der Waals surface area contributed by atoms with Crippen LogP contribution >= 0.6 is 0 Å². The predicted octanol–water partition coefficient (Wildman–Crippen LogP) is 5.37. The van der Waals surface area contributed by atoms with E-state index in [9.17, 15) is 14.0 Å². The summed E-state index contributed by atoms with van der Waals surface area (Å²) >= 11 is 0. The lowest BCUT2D eigenvalue weighted by Gasteiger charge is -2.12. The van der Waals surface area contributed by atoms with Gasteiger partial charge in [0.25, 0.3) is 0 Å². The van der Waals surface area contributed by atoms with Crippen LogP contribution in [0.3, 0.4) is 0 Å². The maximum absolute atomic E-state index is 13.4. The third kappa shape index (κ3) is 5.04. The molecule has 0 spiro atoms. The fourth-order valence-corrected chi connectivity index (χ4v) is 4.12. The van der Waals surface area contributed by atoms with E-state index in [1.165, 1.54) is 25.0 Å². The van der Waals surface area contributed by atoms with Crippen LogP contribution in [-0.2, 0) is 9.53 Å². The second kappa shape index (κ2) is 9.77. The Labute approximate surface area is 186 Å². The number of halogens is 1. The van der Waals surface area contributed by atoms with Crippen LogP contribution in [0.5, 0.6) is 0 Å². The second-order valence-corrected chi connectivity index (χ2v) is 8.01. The lowest BCUT2D eigenvalue weighted by Crippen LogP contribution is -2.15. The van der Waals surface area contributed by atoms with Gasteiger partial charge in [0.05, 0.1) is 18.0 Å². The van der Waals surface area contributed by atoms with Crippen molar-refractivity contribution in [2.24, 2.45) is 5.92 Å². The van der Waals surface area contributed by atoms with E-state index >= 15 is 0 Å². The number of amides is 1. The van der Waals surface area contributed by atoms with Gasteiger partial charge in [-0.3, -0.25) is 4.79 Å². The molecule has 7 heteroatoms. The van der Waals surface area contributed by atoms with Crippen LogP contribution in [-0.4, -0.2) is 28.3 Å². The molecule has 166 valence electrons. The number of esters is 1. The van der Waals surface area contributed by atoms with Crippen molar-refractivity contribution in [1.29, 1.82) is 0 Å². The monoisotopic (exact) mass is 435 g/mol. The smallest absolute Gasteiger partial charge is 0.358 e. The molecule has 2 aromatic carbocycles. The molecular weight excluding hydrogens is 409 g/mol. The average Bonchev–Trinajstić information content (AvgIpc) is 3.45. The molecule has 0 atom stereocenters. The summed E-state index contributed by atoms with van der Waals surface area (Å²) in [6, 6.07) is 14.9. The maximum atomic E-state index is 13.4. The van der Waals surface area contributed by atoms with E-state index in [1.807, 2.05) is 24.3 Å². The van der Waals surface area contributed by atoms with Gasteiger partial charge in [-0.25, -0.2) is 13.9 Å². The van der Waals surface area contributed by atoms with Gasteiger partial charge in [-0.15, -0.1) is 0 Å². The summed E-state index contributed by atoms with van der Waals surface area (Å²) in [6.45, 7) is 1.97. The van der Waals surface area contributed by atoms with Crippen molar-refractivity contribution in [3.8, 4) is 16.9 Å². The summed E-state index contributed by atoms with van der Waals surface area (Å²) in [4.78, 5) is 24.8. The van der Waals surface area contributed by atoms with E-state index in [4.69, 9.17) is 4.74 Å². The molecule has 1 amide bonds. The zero-order valence-corrected chi connectivity index (χ0v) is 18.0. The largest absolute Gasteiger partial charge is 0.461 e. The Morgan fingerprint density at radius 3 is 2.59 bits per heavy atom. The normalized spacial score (nSPS) is 13.8. The first kappa shape index (κ1) is 21.7. The topological polar surface area (TPSA) is 73.2 Å². The van der Waals surface area contributed by atoms with E-state index in [2.05, 4.69) is 10.4 Å². The number of nitrogens with zero attached hydrogens (tertiary/aromatic N) is 2. The molecule has 0 aliphatic heterocycles. The second-order valence-electron chi connectivity index (χ2n) is 8.01. The summed E-state index contributed by atoms with van der Waals surface area (Å²) < 4.78 is 20.1. The Morgan fingerprint density at radius 1 is 1.12 bits per heavy atom. The van der Waals surface area contributed by atoms with Crippen molar-refractivity contribution >= 4 is 17.6 Å². The van der Waals surface area contributed by atoms with Crippen LogP contribution in [0.1, 0.15) is 49.5 Å². The van der Waals surface area contributed by atoms with Gasteiger partial charge < -0.3 is 10.1 Å². The van der Waals surface area contributed by atoms with Crippen LogP contribution < -0.4 is 5.32 Å². The molecule has 1 aliphatic carbocycles. The molecule has 0 radical (unpaired) electrons. The zero-order chi connectivity index (χ0) is 22.5. The number of hydrogen-bond donors (Lipinski definition) is 1. The number of rotatable bonds is 7. The summed E-state index contributed by atoms with van der Waals surface area (Å²) in [7, 11) is 0. The molecule has 0 unspecified atom stereocenters. The maximum Gasteiger partial charge on any atom is 0.358 e. The zero-order valence-electron chi connectivity index (χ0n) is 18.0. The van der Waals surface area contributed by atoms with Crippen molar-refractivity contribution < 1.29 is 18.7 Å². The summed E-state index contributed by atoms with van der Waals surface area (Å²) in [5.41, 5.74) is 2.83. The quantitative estimate of drug-likeness (QED) is 0.506. The molecule has 1 saturated carbocycles. The highest BCUT2D eigenvalue weighted by molar-refractivity contribution is 5.92. The van der Waals surface area contributed by atoms with E-state index in [0.717, 1.165) is 18.4 Å².